The van der Waals surface area contributed by atoms with Crippen LogP contribution >= 0.6 is 11.3 Å². The van der Waals surface area contributed by atoms with Crippen molar-refractivity contribution in [2.45, 2.75) is 25.7 Å². The lowest BCUT2D eigenvalue weighted by Crippen LogP contribution is -2.04. The third kappa shape index (κ3) is 4.99. The van der Waals surface area contributed by atoms with E-state index in [4.69, 9.17) is 0 Å². The van der Waals surface area contributed by atoms with Crippen LogP contribution in [0, 0.1) is 0 Å². The lowest BCUT2D eigenvalue weighted by molar-refractivity contribution is 0.974. The van der Waals surface area contributed by atoms with Gasteiger partial charge in [0.1, 0.15) is 0 Å². The summed E-state index contributed by atoms with van der Waals surface area (Å²) in [6.45, 7) is 0. The Morgan fingerprint density at radius 1 is 0.509 bits per heavy atom. The van der Waals surface area contributed by atoms with Gasteiger partial charge in [0.25, 0.3) is 0 Å². The number of benzene rings is 6. The van der Waals surface area contributed by atoms with Gasteiger partial charge in [0.05, 0.1) is 28.1 Å². The van der Waals surface area contributed by atoms with Crippen LogP contribution in [0.2, 0.25) is 0 Å². The van der Waals surface area contributed by atoms with E-state index in [1.807, 2.05) is 11.3 Å². The number of thiophene rings is 1. The smallest absolute Gasteiger partial charge is 0.0541 e. The van der Waals surface area contributed by atoms with Gasteiger partial charge in [0.2, 0.25) is 0 Å². The molecule has 11 rings (SSSR count). The summed E-state index contributed by atoms with van der Waals surface area (Å²) in [5.41, 5.74) is 15.2. The maximum atomic E-state index is 2.51. The molecule has 3 heterocycles. The summed E-state index contributed by atoms with van der Waals surface area (Å²) in [5.74, 6) is 0. The van der Waals surface area contributed by atoms with Crippen molar-refractivity contribution >= 4 is 65.0 Å². The van der Waals surface area contributed by atoms with Gasteiger partial charge in [-0.05, 0) is 108 Å². The molecule has 0 aliphatic heterocycles. The van der Waals surface area contributed by atoms with Crippen molar-refractivity contribution < 1.29 is 0 Å². The number of allylic oxidation sites excluding steroid dienone is 5. The van der Waals surface area contributed by atoms with Gasteiger partial charge in [0, 0.05) is 42.2 Å². The zero-order valence-corrected chi connectivity index (χ0v) is 30.1. The quantitative estimate of drug-likeness (QED) is 0.170. The molecule has 0 unspecified atom stereocenters. The first-order valence-corrected chi connectivity index (χ1v) is 19.5. The van der Waals surface area contributed by atoms with Crippen molar-refractivity contribution in [3.8, 4) is 33.8 Å². The number of hydrogen-bond donors (Lipinski definition) is 0. The van der Waals surface area contributed by atoms with Crippen LogP contribution in [0.3, 0.4) is 0 Å². The second-order valence-electron chi connectivity index (χ2n) is 14.4. The standard InChI is InChI=1S/C50H36N2S/c1-3-13-34(14-4-1)45-30-38-24-22-36(28-47(38)51(45)40-26-27-50-43(32-40)42-19-9-10-21-49(42)53-50)37-23-25-39-31-46(35-15-5-2-6-16-35)52(48(39)29-37)44-20-11-17-33-12-7-8-18-41(33)44/h1-3,5-6,8-11,13,15-32H,4,7,12,14H2. The van der Waals surface area contributed by atoms with Crippen molar-refractivity contribution in [2.24, 2.45) is 0 Å². The zero-order valence-electron chi connectivity index (χ0n) is 29.3. The lowest BCUT2D eigenvalue weighted by atomic mass is 9.95. The first kappa shape index (κ1) is 30.5. The van der Waals surface area contributed by atoms with Crippen LogP contribution in [-0.2, 0) is 6.42 Å². The number of fused-ring (bicyclic) bond motifs is 6. The van der Waals surface area contributed by atoms with E-state index >= 15 is 0 Å². The first-order valence-electron chi connectivity index (χ1n) is 18.7. The Morgan fingerprint density at radius 2 is 1.26 bits per heavy atom. The molecule has 0 bridgehead atoms. The average Bonchev–Trinajstić information content (AvgIpc) is 3.92. The van der Waals surface area contributed by atoms with E-state index in [2.05, 4.69) is 179 Å². The molecule has 0 atom stereocenters. The second-order valence-corrected chi connectivity index (χ2v) is 15.5. The molecule has 3 aromatic heterocycles. The largest absolute Gasteiger partial charge is 0.310 e. The Bertz CT molecular complexity index is 3000. The van der Waals surface area contributed by atoms with Gasteiger partial charge >= 0.3 is 0 Å². The number of nitrogens with zero attached hydrogens (tertiary/aromatic N) is 2. The van der Waals surface area contributed by atoms with Gasteiger partial charge in [0.15, 0.2) is 0 Å². The zero-order chi connectivity index (χ0) is 34.9. The maximum absolute atomic E-state index is 2.51. The van der Waals surface area contributed by atoms with E-state index in [1.54, 1.807) is 0 Å². The van der Waals surface area contributed by atoms with E-state index in [0.717, 1.165) is 25.7 Å². The molecule has 2 nitrogen and oxygen atoms in total. The molecule has 53 heavy (non-hydrogen) atoms. The minimum absolute atomic E-state index is 1.04. The predicted octanol–water partition coefficient (Wildman–Crippen LogP) is 14.0. The summed E-state index contributed by atoms with van der Waals surface area (Å²) in [6.07, 6.45) is 15.7. The van der Waals surface area contributed by atoms with Gasteiger partial charge in [-0.2, -0.15) is 0 Å². The van der Waals surface area contributed by atoms with Crippen LogP contribution in [-0.4, -0.2) is 9.13 Å². The summed E-state index contributed by atoms with van der Waals surface area (Å²) < 4.78 is 7.66. The van der Waals surface area contributed by atoms with E-state index < -0.39 is 0 Å². The van der Waals surface area contributed by atoms with Crippen LogP contribution in [0.15, 0.2) is 164 Å². The Morgan fingerprint density at radius 3 is 2.09 bits per heavy atom. The van der Waals surface area contributed by atoms with E-state index in [1.165, 1.54) is 98.1 Å². The van der Waals surface area contributed by atoms with Crippen LogP contribution in [0.1, 0.15) is 36.1 Å². The Hall–Kier alpha value is -6.16. The van der Waals surface area contributed by atoms with E-state index in [9.17, 15) is 0 Å². The highest BCUT2D eigenvalue weighted by Gasteiger charge is 2.20. The summed E-state index contributed by atoms with van der Waals surface area (Å²) >= 11 is 1.88. The van der Waals surface area contributed by atoms with Crippen molar-refractivity contribution in [1.29, 1.82) is 0 Å². The minimum Gasteiger partial charge on any atom is -0.310 e. The fourth-order valence-corrected chi connectivity index (χ4v) is 9.76. The number of hydrogen-bond acceptors (Lipinski definition) is 1. The fraction of sp³-hybridized carbons (Fsp3) is 0.0800. The van der Waals surface area contributed by atoms with Crippen LogP contribution < -0.4 is 0 Å². The molecule has 2 aliphatic rings. The summed E-state index contributed by atoms with van der Waals surface area (Å²) in [7, 11) is 0. The van der Waals surface area contributed by atoms with Crippen LogP contribution in [0.25, 0.3) is 87.4 Å². The lowest BCUT2D eigenvalue weighted by Gasteiger charge is -2.19. The number of aromatic nitrogens is 2. The molecular formula is C50H36N2S. The number of aryl methyl sites for hydroxylation is 1. The Labute approximate surface area is 312 Å². The second kappa shape index (κ2) is 12.2. The monoisotopic (exact) mass is 696 g/mol. The topological polar surface area (TPSA) is 9.86 Å². The molecule has 0 saturated heterocycles. The normalized spacial score (nSPS) is 14.1. The molecule has 0 radical (unpaired) electrons. The molecule has 0 amide bonds. The highest BCUT2D eigenvalue weighted by molar-refractivity contribution is 7.25. The van der Waals surface area contributed by atoms with Gasteiger partial charge < -0.3 is 9.13 Å². The van der Waals surface area contributed by atoms with Crippen LogP contribution in [0.4, 0.5) is 0 Å². The van der Waals surface area contributed by atoms with Crippen molar-refractivity contribution in [1.82, 2.24) is 9.13 Å². The molecule has 0 N–H and O–H groups in total. The fourth-order valence-electron chi connectivity index (χ4n) is 8.67. The van der Waals surface area contributed by atoms with Crippen molar-refractivity contribution in [2.75, 3.05) is 0 Å². The minimum atomic E-state index is 1.04. The summed E-state index contributed by atoms with van der Waals surface area (Å²) in [6, 6.07) is 52.3. The van der Waals surface area contributed by atoms with Crippen molar-refractivity contribution in [3.05, 3.63) is 181 Å². The molecule has 0 spiro atoms. The molecule has 6 aromatic carbocycles. The molecule has 2 aliphatic carbocycles. The van der Waals surface area contributed by atoms with Gasteiger partial charge in [-0.1, -0.05) is 115 Å². The average molecular weight is 697 g/mol. The summed E-state index contributed by atoms with van der Waals surface area (Å²) in [5, 5.41) is 5.15. The first-order chi connectivity index (χ1) is 26.3. The molecular weight excluding hydrogens is 661 g/mol. The maximum Gasteiger partial charge on any atom is 0.0541 e. The predicted molar refractivity (Wildman–Crippen MR) is 228 cm³/mol. The molecule has 3 heteroatoms. The Balaban J connectivity index is 1.13. The third-order valence-electron chi connectivity index (χ3n) is 11.3. The van der Waals surface area contributed by atoms with Gasteiger partial charge in [-0.15, -0.1) is 11.3 Å². The third-order valence-corrected chi connectivity index (χ3v) is 12.4. The van der Waals surface area contributed by atoms with Gasteiger partial charge in [-0.25, -0.2) is 0 Å². The highest BCUT2D eigenvalue weighted by Crippen LogP contribution is 2.41. The molecule has 9 aromatic rings. The van der Waals surface area contributed by atoms with E-state index in [0.29, 0.717) is 0 Å². The van der Waals surface area contributed by atoms with Gasteiger partial charge in [-0.3, -0.25) is 0 Å². The highest BCUT2D eigenvalue weighted by atomic mass is 32.1. The number of rotatable bonds is 5. The SMILES string of the molecule is C1=CCCC(c2cc3ccc(-c4ccc5cc(-c6ccccc6)n(-c6cccc7c6C=CCC7)c5c4)cc3n2-c2ccc3sc4ccccc4c3c2)=C1. The molecule has 0 fully saturated rings. The molecule has 252 valence electrons. The Kier molecular flexibility index (Phi) is 7.03. The summed E-state index contributed by atoms with van der Waals surface area (Å²) in [4.78, 5) is 0. The van der Waals surface area contributed by atoms with Crippen molar-refractivity contribution in [3.63, 3.8) is 0 Å². The molecule has 0 saturated carbocycles. The van der Waals surface area contributed by atoms with E-state index in [-0.39, 0.29) is 0 Å². The van der Waals surface area contributed by atoms with Crippen LogP contribution in [0.5, 0.6) is 0 Å².